The predicted molar refractivity (Wildman–Crippen MR) is 128 cm³/mol. The van der Waals surface area contributed by atoms with Crippen LogP contribution in [-0.4, -0.2) is 99.0 Å². The molecule has 0 radical (unpaired) electrons. The van der Waals surface area contributed by atoms with Crippen LogP contribution in [0.2, 0.25) is 0 Å². The Morgan fingerprint density at radius 1 is 1.19 bits per heavy atom. The monoisotopic (exact) mass is 449 g/mol. The maximum atomic E-state index is 12.3. The van der Waals surface area contributed by atoms with Crippen molar-refractivity contribution in [2.45, 2.75) is 38.0 Å². The van der Waals surface area contributed by atoms with Gasteiger partial charge in [-0.1, -0.05) is 30.3 Å². The lowest BCUT2D eigenvalue weighted by molar-refractivity contribution is 0.0894. The van der Waals surface area contributed by atoms with Gasteiger partial charge in [-0.15, -0.1) is 0 Å². The van der Waals surface area contributed by atoms with Crippen LogP contribution in [-0.2, 0) is 9.84 Å². The van der Waals surface area contributed by atoms with Crippen LogP contribution in [0.5, 0.6) is 0 Å². The predicted octanol–water partition coefficient (Wildman–Crippen LogP) is 1.84. The molecule has 8 heteroatoms. The van der Waals surface area contributed by atoms with E-state index in [9.17, 15) is 8.42 Å². The molecule has 1 N–H and O–H groups in total. The molecule has 7 nitrogen and oxygen atoms in total. The van der Waals surface area contributed by atoms with Crippen LogP contribution in [0.1, 0.15) is 38.8 Å². The van der Waals surface area contributed by atoms with Crippen LogP contribution in [0.25, 0.3) is 0 Å². The second-order valence-corrected chi connectivity index (χ2v) is 12.1. The van der Waals surface area contributed by atoms with E-state index in [0.717, 1.165) is 51.6 Å². The first-order valence-corrected chi connectivity index (χ1v) is 13.1. The molecule has 2 saturated heterocycles. The summed E-state index contributed by atoms with van der Waals surface area (Å²) in [5.41, 5.74) is 1.38. The Morgan fingerprint density at radius 2 is 1.94 bits per heavy atom. The van der Waals surface area contributed by atoms with Gasteiger partial charge < -0.3 is 15.1 Å². The first kappa shape index (κ1) is 24.0. The number of piperazine rings is 1. The minimum Gasteiger partial charge on any atom is -0.357 e. The third-order valence-electron chi connectivity index (χ3n) is 6.42. The van der Waals surface area contributed by atoms with Gasteiger partial charge in [-0.2, -0.15) is 0 Å². The normalized spacial score (nSPS) is 24.8. The molecule has 0 aromatic heterocycles. The van der Waals surface area contributed by atoms with Gasteiger partial charge in [0.2, 0.25) is 0 Å². The number of nitrogens with one attached hydrogen (secondary N) is 1. The molecule has 0 amide bonds. The minimum absolute atomic E-state index is 0.185. The maximum Gasteiger partial charge on any atom is 0.193 e. The molecule has 1 atom stereocenters. The molecule has 174 valence electrons. The summed E-state index contributed by atoms with van der Waals surface area (Å²) in [7, 11) is -0.859. The Labute approximate surface area is 188 Å². The Kier molecular flexibility index (Phi) is 7.99. The van der Waals surface area contributed by atoms with Crippen molar-refractivity contribution < 1.29 is 8.42 Å². The molecule has 0 saturated carbocycles. The highest BCUT2D eigenvalue weighted by Crippen LogP contribution is 2.25. The van der Waals surface area contributed by atoms with Crippen molar-refractivity contribution in [1.82, 2.24) is 20.0 Å². The quantitative estimate of drug-likeness (QED) is 0.406. The number of hydrogen-bond acceptors (Lipinski definition) is 5. The fourth-order valence-electron chi connectivity index (χ4n) is 4.43. The number of benzene rings is 1. The summed E-state index contributed by atoms with van der Waals surface area (Å²) in [6, 6.07) is 11.2. The molecule has 0 bridgehead atoms. The van der Waals surface area contributed by atoms with Gasteiger partial charge in [0.15, 0.2) is 15.8 Å². The molecule has 2 aliphatic rings. The zero-order valence-corrected chi connectivity index (χ0v) is 20.4. The van der Waals surface area contributed by atoms with Crippen molar-refractivity contribution in [3.05, 3.63) is 35.9 Å². The number of aliphatic imine (C=N–C) groups is 1. The summed E-state index contributed by atoms with van der Waals surface area (Å²) in [4.78, 5) is 11.9. The zero-order valence-electron chi connectivity index (χ0n) is 19.5. The molecular weight excluding hydrogens is 410 g/mol. The van der Waals surface area contributed by atoms with E-state index in [1.165, 1.54) is 5.56 Å². The Bertz CT molecular complexity index is 841. The van der Waals surface area contributed by atoms with Gasteiger partial charge in [0.25, 0.3) is 0 Å². The van der Waals surface area contributed by atoms with Crippen LogP contribution in [0.15, 0.2) is 35.3 Å². The van der Waals surface area contributed by atoms with Gasteiger partial charge in [0, 0.05) is 58.4 Å². The standard InChI is InChI=1S/C23H39N5O2S/c1-5-24-22(28-16-17-31(29,30)23(2,3)19-28)25-12-9-13-27-15-14-26(4)18-21(27)20-10-7-6-8-11-20/h6-8,10-11,21H,5,9,12-19H2,1-4H3,(H,24,25). The lowest BCUT2D eigenvalue weighted by Gasteiger charge is -2.40. The Hall–Kier alpha value is -1.64. The average Bonchev–Trinajstić information content (AvgIpc) is 2.74. The molecule has 2 aliphatic heterocycles. The number of sulfone groups is 1. The molecule has 2 heterocycles. The number of likely N-dealkylation sites (N-methyl/N-ethyl adjacent to an activating group) is 1. The highest BCUT2D eigenvalue weighted by Gasteiger charge is 2.41. The summed E-state index contributed by atoms with van der Waals surface area (Å²) in [6.07, 6.45) is 0.984. The topological polar surface area (TPSA) is 68.2 Å². The van der Waals surface area contributed by atoms with Crippen molar-refractivity contribution in [3.63, 3.8) is 0 Å². The molecule has 31 heavy (non-hydrogen) atoms. The molecule has 0 spiro atoms. The number of nitrogens with zero attached hydrogens (tertiary/aromatic N) is 4. The fraction of sp³-hybridized carbons (Fsp3) is 0.696. The second kappa shape index (κ2) is 10.3. The zero-order chi connectivity index (χ0) is 22.5. The van der Waals surface area contributed by atoms with Gasteiger partial charge in [-0.05, 0) is 39.8 Å². The highest BCUT2D eigenvalue weighted by atomic mass is 32.2. The van der Waals surface area contributed by atoms with E-state index in [-0.39, 0.29) is 5.75 Å². The van der Waals surface area contributed by atoms with Crippen LogP contribution < -0.4 is 5.32 Å². The first-order valence-electron chi connectivity index (χ1n) is 11.5. The Balaban J connectivity index is 1.59. The molecular formula is C23H39N5O2S. The smallest absolute Gasteiger partial charge is 0.193 e. The largest absolute Gasteiger partial charge is 0.357 e. The molecule has 0 aliphatic carbocycles. The average molecular weight is 450 g/mol. The van der Waals surface area contributed by atoms with E-state index in [2.05, 4.69) is 64.3 Å². The maximum absolute atomic E-state index is 12.3. The lowest BCUT2D eigenvalue weighted by Crippen LogP contribution is -2.57. The lowest BCUT2D eigenvalue weighted by atomic mass is 10.0. The first-order chi connectivity index (χ1) is 14.7. The van der Waals surface area contributed by atoms with Gasteiger partial charge in [-0.25, -0.2) is 8.42 Å². The summed E-state index contributed by atoms with van der Waals surface area (Å²) >= 11 is 0. The van der Waals surface area contributed by atoms with E-state index in [4.69, 9.17) is 4.99 Å². The van der Waals surface area contributed by atoms with E-state index in [0.29, 0.717) is 19.1 Å². The highest BCUT2D eigenvalue weighted by molar-refractivity contribution is 7.92. The summed E-state index contributed by atoms with van der Waals surface area (Å²) in [6.45, 7) is 12.4. The summed E-state index contributed by atoms with van der Waals surface area (Å²) in [5, 5.41) is 3.36. The third-order valence-corrected chi connectivity index (χ3v) is 8.95. The molecule has 1 aromatic rings. The molecule has 3 rings (SSSR count). The SMILES string of the molecule is CCNC(=NCCCN1CCN(C)CC1c1ccccc1)N1CCS(=O)(=O)C(C)(C)C1. The van der Waals surface area contributed by atoms with Crippen LogP contribution in [0.4, 0.5) is 0 Å². The number of guanidine groups is 1. The van der Waals surface area contributed by atoms with Gasteiger partial charge in [0.05, 0.1) is 10.5 Å². The summed E-state index contributed by atoms with van der Waals surface area (Å²) < 4.78 is 23.9. The van der Waals surface area contributed by atoms with Crippen LogP contribution in [0.3, 0.4) is 0 Å². The van der Waals surface area contributed by atoms with E-state index in [1.54, 1.807) is 0 Å². The van der Waals surface area contributed by atoms with Crippen molar-refractivity contribution >= 4 is 15.8 Å². The third kappa shape index (κ3) is 5.99. The van der Waals surface area contributed by atoms with Crippen LogP contribution in [0, 0.1) is 0 Å². The van der Waals surface area contributed by atoms with Gasteiger partial charge in [0.1, 0.15) is 0 Å². The number of rotatable bonds is 6. The van der Waals surface area contributed by atoms with E-state index in [1.807, 2.05) is 13.8 Å². The molecule has 1 aromatic carbocycles. The minimum atomic E-state index is -3.05. The van der Waals surface area contributed by atoms with Gasteiger partial charge >= 0.3 is 0 Å². The van der Waals surface area contributed by atoms with E-state index < -0.39 is 14.6 Å². The second-order valence-electron chi connectivity index (χ2n) is 9.31. The fourth-order valence-corrected chi connectivity index (χ4v) is 5.79. The van der Waals surface area contributed by atoms with Crippen molar-refractivity contribution in [2.24, 2.45) is 4.99 Å². The molecule has 2 fully saturated rings. The van der Waals surface area contributed by atoms with Crippen molar-refractivity contribution in [2.75, 3.05) is 65.2 Å². The Morgan fingerprint density at radius 3 is 2.61 bits per heavy atom. The number of hydrogen-bond donors (Lipinski definition) is 1. The van der Waals surface area contributed by atoms with E-state index >= 15 is 0 Å². The van der Waals surface area contributed by atoms with Crippen molar-refractivity contribution in [3.8, 4) is 0 Å². The van der Waals surface area contributed by atoms with Crippen molar-refractivity contribution in [1.29, 1.82) is 0 Å². The molecule has 1 unspecified atom stereocenters. The summed E-state index contributed by atoms with van der Waals surface area (Å²) in [5.74, 6) is 1.02. The van der Waals surface area contributed by atoms with Gasteiger partial charge in [-0.3, -0.25) is 9.89 Å². The van der Waals surface area contributed by atoms with Crippen LogP contribution >= 0.6 is 0 Å².